The molecule has 3 heteroatoms. The Balaban J connectivity index is 2.33. The highest BCUT2D eigenvalue weighted by Gasteiger charge is 2.18. The maximum Gasteiger partial charge on any atom is 0.217 e. The first kappa shape index (κ1) is 9.46. The summed E-state index contributed by atoms with van der Waals surface area (Å²) in [5.74, 6) is 0.792. The van der Waals surface area contributed by atoms with Crippen LogP contribution in [-0.4, -0.2) is 30.1 Å². The van der Waals surface area contributed by atoms with E-state index in [1.54, 1.807) is 7.11 Å². The molecule has 0 N–H and O–H groups in total. The fraction of sp³-hybridized carbons (Fsp3) is 0.545. The van der Waals surface area contributed by atoms with Crippen LogP contribution < -0.4 is 4.74 Å². The molecule has 0 bridgehead atoms. The Hall–Kier alpha value is -1.09. The minimum atomic E-state index is 0.792. The van der Waals surface area contributed by atoms with Crippen molar-refractivity contribution >= 4 is 0 Å². The summed E-state index contributed by atoms with van der Waals surface area (Å²) in [6.45, 7) is 5.41. The van der Waals surface area contributed by atoms with Crippen molar-refractivity contribution in [1.29, 1.82) is 0 Å². The normalized spacial score (nSPS) is 16.4. The highest BCUT2D eigenvalue weighted by atomic mass is 16.5. The monoisotopic (exact) mass is 192 g/mol. The maximum absolute atomic E-state index is 5.27. The molecule has 14 heavy (non-hydrogen) atoms. The van der Waals surface area contributed by atoms with Crippen molar-refractivity contribution in [2.24, 2.45) is 0 Å². The fourth-order valence-electron chi connectivity index (χ4n) is 1.94. The molecule has 3 nitrogen and oxygen atoms in total. The van der Waals surface area contributed by atoms with E-state index in [4.69, 9.17) is 4.74 Å². The molecule has 0 saturated heterocycles. The van der Waals surface area contributed by atoms with Gasteiger partial charge < -0.3 is 4.74 Å². The number of nitrogens with zero attached hydrogens (tertiary/aromatic N) is 2. The molecule has 0 radical (unpaired) electrons. The van der Waals surface area contributed by atoms with Gasteiger partial charge in [0.25, 0.3) is 0 Å². The van der Waals surface area contributed by atoms with Crippen molar-refractivity contribution in [2.45, 2.75) is 19.9 Å². The number of fused-ring (bicyclic) bond motifs is 1. The van der Waals surface area contributed by atoms with Crippen LogP contribution in [0, 0.1) is 0 Å². The van der Waals surface area contributed by atoms with Crippen LogP contribution in [-0.2, 0) is 13.0 Å². The van der Waals surface area contributed by atoms with Crippen LogP contribution in [0.1, 0.15) is 18.1 Å². The molecule has 1 aliphatic rings. The first-order valence-electron chi connectivity index (χ1n) is 5.08. The second-order valence-corrected chi connectivity index (χ2v) is 3.58. The Labute approximate surface area is 84.7 Å². The molecule has 76 valence electrons. The fourth-order valence-corrected chi connectivity index (χ4v) is 1.94. The van der Waals surface area contributed by atoms with Crippen molar-refractivity contribution in [3.63, 3.8) is 0 Å². The summed E-state index contributed by atoms with van der Waals surface area (Å²) in [6.07, 6.45) is 2.95. The zero-order chi connectivity index (χ0) is 9.97. The summed E-state index contributed by atoms with van der Waals surface area (Å²) in [5, 5.41) is 0. The molecular weight excluding hydrogens is 176 g/mol. The minimum absolute atomic E-state index is 0.792. The summed E-state index contributed by atoms with van der Waals surface area (Å²) in [7, 11) is 1.69. The third-order valence-electron chi connectivity index (χ3n) is 2.83. The highest BCUT2D eigenvalue weighted by Crippen LogP contribution is 2.25. The molecule has 0 aromatic carbocycles. The smallest absolute Gasteiger partial charge is 0.217 e. The number of rotatable bonds is 2. The van der Waals surface area contributed by atoms with E-state index in [1.807, 2.05) is 6.20 Å². The molecule has 0 spiro atoms. The van der Waals surface area contributed by atoms with E-state index in [2.05, 4.69) is 22.9 Å². The van der Waals surface area contributed by atoms with Crippen molar-refractivity contribution in [3.05, 3.63) is 23.4 Å². The molecule has 0 aliphatic carbocycles. The zero-order valence-corrected chi connectivity index (χ0v) is 8.79. The summed E-state index contributed by atoms with van der Waals surface area (Å²) in [6, 6.07) is 2.10. The van der Waals surface area contributed by atoms with E-state index in [9.17, 15) is 0 Å². The molecule has 0 unspecified atom stereocenters. The molecule has 2 rings (SSSR count). The molecular formula is C11H16N2O. The Bertz CT molecular complexity index is 311. The molecule has 2 heterocycles. The predicted octanol–water partition coefficient (Wildman–Crippen LogP) is 1.47. The molecule has 1 aromatic heterocycles. The van der Waals surface area contributed by atoms with Crippen LogP contribution in [0.3, 0.4) is 0 Å². The van der Waals surface area contributed by atoms with Gasteiger partial charge in [-0.1, -0.05) is 6.92 Å². The van der Waals surface area contributed by atoms with E-state index in [0.717, 1.165) is 31.9 Å². The van der Waals surface area contributed by atoms with E-state index < -0.39 is 0 Å². The molecule has 1 aliphatic heterocycles. The lowest BCUT2D eigenvalue weighted by atomic mass is 10.0. The lowest BCUT2D eigenvalue weighted by molar-refractivity contribution is 0.259. The van der Waals surface area contributed by atoms with E-state index in [-0.39, 0.29) is 0 Å². The van der Waals surface area contributed by atoms with Gasteiger partial charge in [-0.05, 0) is 24.6 Å². The van der Waals surface area contributed by atoms with Gasteiger partial charge in [0.2, 0.25) is 5.88 Å². The lowest BCUT2D eigenvalue weighted by Crippen LogP contribution is -2.30. The second kappa shape index (κ2) is 3.96. The molecule has 0 amide bonds. The van der Waals surface area contributed by atoms with Crippen LogP contribution in [0.5, 0.6) is 5.88 Å². The SMILES string of the molecule is CCN1CCc2ccnc(OC)c2C1. The topological polar surface area (TPSA) is 25.4 Å². The Kier molecular flexibility index (Phi) is 2.68. The van der Waals surface area contributed by atoms with Gasteiger partial charge in [0.15, 0.2) is 0 Å². The van der Waals surface area contributed by atoms with E-state index in [1.165, 1.54) is 11.1 Å². The summed E-state index contributed by atoms with van der Waals surface area (Å²) in [5.41, 5.74) is 2.66. The number of hydrogen-bond acceptors (Lipinski definition) is 3. The molecule has 1 aromatic rings. The van der Waals surface area contributed by atoms with E-state index in [0.29, 0.717) is 0 Å². The van der Waals surface area contributed by atoms with Crippen molar-refractivity contribution in [2.75, 3.05) is 20.2 Å². The number of likely N-dealkylation sites (N-methyl/N-ethyl adjacent to an activating group) is 1. The second-order valence-electron chi connectivity index (χ2n) is 3.58. The number of hydrogen-bond donors (Lipinski definition) is 0. The summed E-state index contributed by atoms with van der Waals surface area (Å²) in [4.78, 5) is 6.64. The van der Waals surface area contributed by atoms with Gasteiger partial charge in [0.1, 0.15) is 0 Å². The van der Waals surface area contributed by atoms with Crippen molar-refractivity contribution < 1.29 is 4.74 Å². The number of aromatic nitrogens is 1. The van der Waals surface area contributed by atoms with Crippen molar-refractivity contribution in [1.82, 2.24) is 9.88 Å². The predicted molar refractivity (Wildman–Crippen MR) is 55.4 cm³/mol. The van der Waals surface area contributed by atoms with E-state index >= 15 is 0 Å². The third-order valence-corrected chi connectivity index (χ3v) is 2.83. The third kappa shape index (κ3) is 1.60. The molecule has 0 saturated carbocycles. The summed E-state index contributed by atoms with van der Waals surface area (Å²) < 4.78 is 5.27. The Morgan fingerprint density at radius 3 is 3.14 bits per heavy atom. The van der Waals surface area contributed by atoms with Gasteiger partial charge in [0.05, 0.1) is 7.11 Å². The first-order valence-corrected chi connectivity index (χ1v) is 5.08. The molecule has 0 fully saturated rings. The Morgan fingerprint density at radius 2 is 2.43 bits per heavy atom. The van der Waals surface area contributed by atoms with Gasteiger partial charge in [-0.25, -0.2) is 4.98 Å². The van der Waals surface area contributed by atoms with Gasteiger partial charge in [0, 0.05) is 24.8 Å². The van der Waals surface area contributed by atoms with Gasteiger partial charge in [-0.15, -0.1) is 0 Å². The quantitative estimate of drug-likeness (QED) is 0.709. The van der Waals surface area contributed by atoms with Crippen LogP contribution in [0.2, 0.25) is 0 Å². The average Bonchev–Trinajstić information content (AvgIpc) is 2.27. The standard InChI is InChI=1S/C11H16N2O/c1-3-13-7-5-9-4-6-12-11(14-2)10(9)8-13/h4,6H,3,5,7-8H2,1-2H3. The summed E-state index contributed by atoms with van der Waals surface area (Å²) >= 11 is 0. The molecule has 0 atom stereocenters. The minimum Gasteiger partial charge on any atom is -0.481 e. The Morgan fingerprint density at radius 1 is 1.57 bits per heavy atom. The zero-order valence-electron chi connectivity index (χ0n) is 8.79. The number of ether oxygens (including phenoxy) is 1. The van der Waals surface area contributed by atoms with Gasteiger partial charge in [-0.3, -0.25) is 4.90 Å². The van der Waals surface area contributed by atoms with Gasteiger partial charge >= 0.3 is 0 Å². The lowest BCUT2D eigenvalue weighted by Gasteiger charge is -2.27. The first-order chi connectivity index (χ1) is 6.85. The number of pyridine rings is 1. The highest BCUT2D eigenvalue weighted by molar-refractivity contribution is 5.36. The van der Waals surface area contributed by atoms with Crippen LogP contribution >= 0.6 is 0 Å². The average molecular weight is 192 g/mol. The largest absolute Gasteiger partial charge is 0.481 e. The van der Waals surface area contributed by atoms with Crippen molar-refractivity contribution in [3.8, 4) is 5.88 Å². The van der Waals surface area contributed by atoms with Gasteiger partial charge in [-0.2, -0.15) is 0 Å². The van der Waals surface area contributed by atoms with Crippen LogP contribution in [0.25, 0.3) is 0 Å². The number of methoxy groups -OCH3 is 1. The van der Waals surface area contributed by atoms with Crippen LogP contribution in [0.15, 0.2) is 12.3 Å². The maximum atomic E-state index is 5.27. The van der Waals surface area contributed by atoms with Crippen LogP contribution in [0.4, 0.5) is 0 Å².